The normalized spacial score (nSPS) is 19.3. The maximum absolute atomic E-state index is 5.53. The molecule has 0 unspecified atom stereocenters. The molecule has 114 valence electrons. The molecule has 1 rings (SSSR count). The van der Waals surface area contributed by atoms with Crippen LogP contribution in [0.3, 0.4) is 0 Å². The number of hydrogen-bond donors (Lipinski definition) is 1. The van der Waals surface area contributed by atoms with E-state index in [9.17, 15) is 0 Å². The quantitative estimate of drug-likeness (QED) is 0.660. The molecule has 1 saturated heterocycles. The third-order valence-corrected chi connectivity index (χ3v) is 5.14. The fourth-order valence-electron chi connectivity index (χ4n) is 3.01. The third-order valence-electron chi connectivity index (χ3n) is 4.47. The summed E-state index contributed by atoms with van der Waals surface area (Å²) >= 11 is 4.63. The molecule has 0 N–H and O–H groups in total. The first kappa shape index (κ1) is 17.3. The number of rotatable bonds is 9. The van der Waals surface area contributed by atoms with Gasteiger partial charge in [-0.15, -0.1) is 0 Å². The standard InChI is InChI=1S/C15H31NO2S/c1-4-14(5-2)16(8-11-17-3)12-15(13-19)6-9-18-10-7-15/h14,19H,4-13H2,1-3H3. The first-order chi connectivity index (χ1) is 9.21. The Labute approximate surface area is 124 Å². The van der Waals surface area contributed by atoms with Gasteiger partial charge in [-0.05, 0) is 36.9 Å². The molecule has 0 radical (unpaired) electrons. The topological polar surface area (TPSA) is 21.7 Å². The van der Waals surface area contributed by atoms with Crippen molar-refractivity contribution in [2.75, 3.05) is 45.8 Å². The monoisotopic (exact) mass is 289 g/mol. The molecule has 0 spiro atoms. The second kappa shape index (κ2) is 9.22. The van der Waals surface area contributed by atoms with E-state index in [1.165, 1.54) is 12.8 Å². The van der Waals surface area contributed by atoms with Crippen molar-refractivity contribution in [2.45, 2.75) is 45.6 Å². The zero-order valence-corrected chi connectivity index (χ0v) is 13.8. The predicted octanol–water partition coefficient (Wildman–Crippen LogP) is 2.85. The molecule has 0 saturated carbocycles. The van der Waals surface area contributed by atoms with Crippen LogP contribution >= 0.6 is 12.6 Å². The summed E-state index contributed by atoms with van der Waals surface area (Å²) in [6.07, 6.45) is 4.69. The largest absolute Gasteiger partial charge is 0.383 e. The van der Waals surface area contributed by atoms with Gasteiger partial charge in [-0.1, -0.05) is 13.8 Å². The van der Waals surface area contributed by atoms with Crippen molar-refractivity contribution >= 4 is 12.6 Å². The van der Waals surface area contributed by atoms with Crippen molar-refractivity contribution in [1.82, 2.24) is 4.90 Å². The summed E-state index contributed by atoms with van der Waals surface area (Å²) in [4.78, 5) is 2.62. The van der Waals surface area contributed by atoms with Gasteiger partial charge in [-0.3, -0.25) is 4.90 Å². The zero-order chi connectivity index (χ0) is 14.1. The third kappa shape index (κ3) is 5.25. The van der Waals surface area contributed by atoms with Crippen LogP contribution in [-0.4, -0.2) is 56.7 Å². The highest BCUT2D eigenvalue weighted by Gasteiger charge is 2.34. The van der Waals surface area contributed by atoms with E-state index in [4.69, 9.17) is 9.47 Å². The Bertz CT molecular complexity index is 228. The Morgan fingerprint density at radius 3 is 2.37 bits per heavy atom. The SMILES string of the molecule is CCC(CC)N(CCOC)CC1(CS)CCOCC1. The molecule has 0 aromatic rings. The van der Waals surface area contributed by atoms with Crippen molar-refractivity contribution in [2.24, 2.45) is 5.41 Å². The minimum Gasteiger partial charge on any atom is -0.383 e. The van der Waals surface area contributed by atoms with Crippen LogP contribution in [0.25, 0.3) is 0 Å². The lowest BCUT2D eigenvalue weighted by Gasteiger charge is -2.42. The van der Waals surface area contributed by atoms with Gasteiger partial charge in [0.25, 0.3) is 0 Å². The van der Waals surface area contributed by atoms with Gasteiger partial charge in [-0.2, -0.15) is 12.6 Å². The van der Waals surface area contributed by atoms with E-state index in [1.54, 1.807) is 7.11 Å². The Morgan fingerprint density at radius 2 is 1.89 bits per heavy atom. The second-order valence-corrected chi connectivity index (χ2v) is 6.02. The number of nitrogens with zero attached hydrogens (tertiary/aromatic N) is 1. The van der Waals surface area contributed by atoms with Crippen LogP contribution in [0.15, 0.2) is 0 Å². The first-order valence-corrected chi connectivity index (χ1v) is 8.26. The van der Waals surface area contributed by atoms with Crippen LogP contribution in [0.2, 0.25) is 0 Å². The highest BCUT2D eigenvalue weighted by Crippen LogP contribution is 2.33. The molecule has 0 bridgehead atoms. The van der Waals surface area contributed by atoms with Crippen molar-refractivity contribution in [3.63, 3.8) is 0 Å². The average Bonchev–Trinajstić information content (AvgIpc) is 2.46. The number of hydrogen-bond acceptors (Lipinski definition) is 4. The summed E-state index contributed by atoms with van der Waals surface area (Å²) in [5, 5.41) is 0. The highest BCUT2D eigenvalue weighted by atomic mass is 32.1. The molecule has 0 atom stereocenters. The average molecular weight is 289 g/mol. The minimum absolute atomic E-state index is 0.331. The van der Waals surface area contributed by atoms with E-state index in [2.05, 4.69) is 31.4 Å². The summed E-state index contributed by atoms with van der Waals surface area (Å²) in [5.41, 5.74) is 0.331. The molecule has 0 aromatic carbocycles. The van der Waals surface area contributed by atoms with Gasteiger partial charge in [0.15, 0.2) is 0 Å². The Kier molecular flexibility index (Phi) is 8.38. The van der Waals surface area contributed by atoms with Crippen molar-refractivity contribution in [3.05, 3.63) is 0 Å². The minimum atomic E-state index is 0.331. The van der Waals surface area contributed by atoms with Gasteiger partial charge in [0.2, 0.25) is 0 Å². The number of methoxy groups -OCH3 is 1. The fraction of sp³-hybridized carbons (Fsp3) is 1.00. The molecule has 4 heteroatoms. The highest BCUT2D eigenvalue weighted by molar-refractivity contribution is 7.80. The molecular weight excluding hydrogens is 258 g/mol. The lowest BCUT2D eigenvalue weighted by atomic mass is 9.81. The Hall–Kier alpha value is 0.230. The van der Waals surface area contributed by atoms with Gasteiger partial charge in [-0.25, -0.2) is 0 Å². The summed E-state index contributed by atoms with van der Waals surface area (Å²) in [7, 11) is 1.79. The Balaban J connectivity index is 2.67. The van der Waals surface area contributed by atoms with E-state index in [-0.39, 0.29) is 0 Å². The molecule has 0 amide bonds. The lowest BCUT2D eigenvalue weighted by Crippen LogP contribution is -2.47. The molecule has 1 aliphatic rings. The molecule has 1 fully saturated rings. The van der Waals surface area contributed by atoms with Gasteiger partial charge in [0.05, 0.1) is 6.61 Å². The van der Waals surface area contributed by atoms with Gasteiger partial charge in [0.1, 0.15) is 0 Å². The molecule has 19 heavy (non-hydrogen) atoms. The van der Waals surface area contributed by atoms with Crippen LogP contribution in [0, 0.1) is 5.41 Å². The van der Waals surface area contributed by atoms with Crippen LogP contribution in [0.5, 0.6) is 0 Å². The number of thiol groups is 1. The van der Waals surface area contributed by atoms with E-state index >= 15 is 0 Å². The summed E-state index contributed by atoms with van der Waals surface area (Å²) in [6, 6.07) is 0.662. The van der Waals surface area contributed by atoms with Crippen molar-refractivity contribution in [1.29, 1.82) is 0 Å². The molecule has 1 heterocycles. The van der Waals surface area contributed by atoms with Crippen LogP contribution in [0.4, 0.5) is 0 Å². The van der Waals surface area contributed by atoms with E-state index in [0.29, 0.717) is 11.5 Å². The van der Waals surface area contributed by atoms with Gasteiger partial charge in [0, 0.05) is 39.5 Å². The van der Waals surface area contributed by atoms with Crippen LogP contribution in [0.1, 0.15) is 39.5 Å². The second-order valence-electron chi connectivity index (χ2n) is 5.70. The summed E-state index contributed by atoms with van der Waals surface area (Å²) < 4.78 is 10.8. The smallest absolute Gasteiger partial charge is 0.0589 e. The molecule has 3 nitrogen and oxygen atoms in total. The zero-order valence-electron chi connectivity index (χ0n) is 12.9. The Morgan fingerprint density at radius 1 is 1.26 bits per heavy atom. The maximum Gasteiger partial charge on any atom is 0.0589 e. The van der Waals surface area contributed by atoms with Crippen molar-refractivity contribution < 1.29 is 9.47 Å². The maximum atomic E-state index is 5.53. The first-order valence-electron chi connectivity index (χ1n) is 7.63. The van der Waals surface area contributed by atoms with Gasteiger partial charge >= 0.3 is 0 Å². The van der Waals surface area contributed by atoms with E-state index in [0.717, 1.165) is 51.5 Å². The fourth-order valence-corrected chi connectivity index (χ4v) is 3.42. The molecule has 0 aliphatic carbocycles. The molecule has 1 aliphatic heterocycles. The van der Waals surface area contributed by atoms with Crippen molar-refractivity contribution in [3.8, 4) is 0 Å². The van der Waals surface area contributed by atoms with Crippen LogP contribution < -0.4 is 0 Å². The summed E-state index contributed by atoms with van der Waals surface area (Å²) in [6.45, 7) is 9.32. The molecular formula is C15H31NO2S. The van der Waals surface area contributed by atoms with Gasteiger partial charge < -0.3 is 9.47 Å². The number of ether oxygens (including phenoxy) is 2. The van der Waals surface area contributed by atoms with E-state index in [1.807, 2.05) is 0 Å². The lowest BCUT2D eigenvalue weighted by molar-refractivity contribution is -0.00578. The molecule has 0 aromatic heterocycles. The predicted molar refractivity (Wildman–Crippen MR) is 84.2 cm³/mol. The van der Waals surface area contributed by atoms with Crippen LogP contribution in [-0.2, 0) is 9.47 Å². The summed E-state index contributed by atoms with van der Waals surface area (Å²) in [5.74, 6) is 0.958. The van der Waals surface area contributed by atoms with E-state index < -0.39 is 0 Å².